The number of benzene rings is 3. The second-order valence-corrected chi connectivity index (χ2v) is 7.62. The van der Waals surface area contributed by atoms with Crippen LogP contribution in [0, 0.1) is 0 Å². The molecule has 0 unspecified atom stereocenters. The van der Waals surface area contributed by atoms with Gasteiger partial charge in [0.1, 0.15) is 0 Å². The summed E-state index contributed by atoms with van der Waals surface area (Å²) in [4.78, 5) is 0. The van der Waals surface area contributed by atoms with E-state index in [2.05, 4.69) is 78.9 Å². The molecule has 0 N–H and O–H groups in total. The number of hydrogen-bond acceptors (Lipinski definition) is 0. The molecule has 1 heterocycles. The lowest BCUT2D eigenvalue weighted by Gasteiger charge is -2.08. The fourth-order valence-electron chi connectivity index (χ4n) is 4.53. The zero-order valence-electron chi connectivity index (χ0n) is 16.4. The Balaban J connectivity index is 0.000000371. The molecule has 6 rings (SSSR count). The first-order valence-corrected chi connectivity index (χ1v) is 10.0. The van der Waals surface area contributed by atoms with Crippen molar-refractivity contribution in [1.29, 1.82) is 0 Å². The highest BCUT2D eigenvalue weighted by Gasteiger charge is 2.40. The first-order chi connectivity index (χ1) is 14.9. The lowest BCUT2D eigenvalue weighted by atomic mass is 9.93. The lowest BCUT2D eigenvalue weighted by Crippen LogP contribution is -2.02. The summed E-state index contributed by atoms with van der Waals surface area (Å²) in [6.45, 7) is 0. The van der Waals surface area contributed by atoms with E-state index in [4.69, 9.17) is 4.42 Å². The van der Waals surface area contributed by atoms with E-state index in [1.54, 1.807) is 0 Å². The second-order valence-electron chi connectivity index (χ2n) is 7.62. The Hall–Kier alpha value is -3.41. The van der Waals surface area contributed by atoms with Crippen molar-refractivity contribution < 1.29 is 21.7 Å². The molecule has 6 heteroatoms. The Morgan fingerprint density at radius 2 is 1.00 bits per heavy atom. The summed E-state index contributed by atoms with van der Waals surface area (Å²) in [6.07, 6.45) is 1.89. The molecule has 0 amide bonds. The summed E-state index contributed by atoms with van der Waals surface area (Å²) in [5.41, 5.74) is 10.5. The lowest BCUT2D eigenvalue weighted by molar-refractivity contribution is 0.368. The summed E-state index contributed by atoms with van der Waals surface area (Å²) < 4.78 is 45.6. The highest BCUT2D eigenvalue weighted by molar-refractivity contribution is 6.50. The van der Waals surface area contributed by atoms with Gasteiger partial charge in [-0.1, -0.05) is 66.7 Å². The van der Waals surface area contributed by atoms with Crippen molar-refractivity contribution in [3.8, 4) is 33.8 Å². The molecule has 31 heavy (non-hydrogen) atoms. The number of rotatable bonds is 1. The fourth-order valence-corrected chi connectivity index (χ4v) is 4.53. The van der Waals surface area contributed by atoms with Gasteiger partial charge < -0.3 is 17.3 Å². The Kier molecular flexibility index (Phi) is 4.65. The van der Waals surface area contributed by atoms with Crippen molar-refractivity contribution in [2.24, 2.45) is 0 Å². The summed E-state index contributed by atoms with van der Waals surface area (Å²) in [7, 11) is -6.00. The van der Waals surface area contributed by atoms with Crippen LogP contribution >= 0.6 is 0 Å². The van der Waals surface area contributed by atoms with Crippen LogP contribution in [0.2, 0.25) is 0 Å². The zero-order valence-corrected chi connectivity index (χ0v) is 16.4. The molecule has 0 spiro atoms. The summed E-state index contributed by atoms with van der Waals surface area (Å²) in [5, 5.41) is 0. The molecule has 4 aromatic rings. The standard InChI is InChI=1S/C25H17O.BF4/c1-2-8-16(9-3-1)23-21-14-17-10-4-6-12-19(17)24(21)26-25-20-13-7-5-11-18(20)15-22(23)25;2-1(3,4)5/h1-13H,14-15H2;/q+1;-1. The van der Waals surface area contributed by atoms with Crippen LogP contribution < -0.4 is 0 Å². The molecule has 0 radical (unpaired) electrons. The molecular formula is C25H17BF4O. The maximum atomic E-state index is 9.75. The average Bonchev–Trinajstić information content (AvgIpc) is 3.29. The third-order valence-corrected chi connectivity index (χ3v) is 5.68. The van der Waals surface area contributed by atoms with Crippen LogP contribution in [0.1, 0.15) is 22.3 Å². The van der Waals surface area contributed by atoms with Crippen LogP contribution in [-0.4, -0.2) is 7.25 Å². The normalized spacial score (nSPS) is 12.9. The molecular weight excluding hydrogens is 403 g/mol. The minimum Gasteiger partial charge on any atom is -0.418 e. The zero-order chi connectivity index (χ0) is 21.6. The number of hydrogen-bond donors (Lipinski definition) is 0. The molecule has 0 atom stereocenters. The Labute approximate surface area is 177 Å². The van der Waals surface area contributed by atoms with Crippen molar-refractivity contribution in [2.75, 3.05) is 0 Å². The summed E-state index contributed by atoms with van der Waals surface area (Å²) in [6, 6.07) is 28.1. The molecule has 3 aromatic carbocycles. The predicted molar refractivity (Wildman–Crippen MR) is 115 cm³/mol. The highest BCUT2D eigenvalue weighted by Crippen LogP contribution is 2.50. The van der Waals surface area contributed by atoms with Gasteiger partial charge in [0.15, 0.2) is 0 Å². The van der Waals surface area contributed by atoms with Gasteiger partial charge in [-0.15, -0.1) is 0 Å². The molecule has 0 saturated carbocycles. The summed E-state index contributed by atoms with van der Waals surface area (Å²) in [5.74, 6) is 2.10. The molecule has 1 nitrogen and oxygen atoms in total. The molecule has 0 fully saturated rings. The quantitative estimate of drug-likeness (QED) is 0.151. The maximum Gasteiger partial charge on any atom is 0.673 e. The fraction of sp³-hybridized carbons (Fsp3) is 0.0800. The smallest absolute Gasteiger partial charge is 0.418 e. The third-order valence-electron chi connectivity index (χ3n) is 5.68. The minimum atomic E-state index is -6.00. The molecule has 0 bridgehead atoms. The van der Waals surface area contributed by atoms with Crippen molar-refractivity contribution in [3.05, 3.63) is 101 Å². The predicted octanol–water partition coefficient (Wildman–Crippen LogP) is 7.67. The van der Waals surface area contributed by atoms with E-state index in [0.717, 1.165) is 24.4 Å². The van der Waals surface area contributed by atoms with Gasteiger partial charge in [-0.25, -0.2) is 4.42 Å². The van der Waals surface area contributed by atoms with Crippen LogP contribution in [0.4, 0.5) is 17.3 Å². The molecule has 154 valence electrons. The first-order valence-electron chi connectivity index (χ1n) is 10.0. The van der Waals surface area contributed by atoms with Crippen LogP contribution in [0.5, 0.6) is 0 Å². The maximum absolute atomic E-state index is 9.75. The van der Waals surface area contributed by atoms with E-state index in [0.29, 0.717) is 0 Å². The van der Waals surface area contributed by atoms with Crippen LogP contribution in [0.15, 0.2) is 83.3 Å². The van der Waals surface area contributed by atoms with Crippen LogP contribution in [-0.2, 0) is 12.8 Å². The molecule has 2 aliphatic rings. The van der Waals surface area contributed by atoms with E-state index >= 15 is 0 Å². The van der Waals surface area contributed by atoms with E-state index in [1.165, 1.54) is 44.5 Å². The van der Waals surface area contributed by atoms with Gasteiger partial charge >= 0.3 is 18.8 Å². The van der Waals surface area contributed by atoms with Gasteiger partial charge in [0.05, 0.1) is 22.3 Å². The minimum absolute atomic E-state index is 0.947. The largest absolute Gasteiger partial charge is 0.673 e. The monoisotopic (exact) mass is 420 g/mol. The molecule has 2 aliphatic carbocycles. The highest BCUT2D eigenvalue weighted by atomic mass is 19.5. The van der Waals surface area contributed by atoms with E-state index in [-0.39, 0.29) is 0 Å². The van der Waals surface area contributed by atoms with Crippen molar-refractivity contribution in [2.45, 2.75) is 12.8 Å². The molecule has 0 aliphatic heterocycles. The van der Waals surface area contributed by atoms with E-state index in [1.807, 2.05) is 0 Å². The van der Waals surface area contributed by atoms with Gasteiger partial charge in [0.2, 0.25) is 0 Å². The van der Waals surface area contributed by atoms with E-state index < -0.39 is 7.25 Å². The van der Waals surface area contributed by atoms with Gasteiger partial charge in [0, 0.05) is 18.4 Å². The van der Waals surface area contributed by atoms with Crippen molar-refractivity contribution in [1.82, 2.24) is 0 Å². The van der Waals surface area contributed by atoms with Gasteiger partial charge in [-0.3, -0.25) is 0 Å². The molecule has 1 aromatic heterocycles. The van der Waals surface area contributed by atoms with Crippen LogP contribution in [0.3, 0.4) is 0 Å². The third kappa shape index (κ3) is 3.63. The SMILES string of the molecule is F[B-](F)(F)F.c1ccc(-c2c3c([o+]c4c2Cc2ccccc2-4)-c2ccccc2C3)cc1. The van der Waals surface area contributed by atoms with Gasteiger partial charge in [-0.2, -0.15) is 0 Å². The molecule has 0 saturated heterocycles. The second kappa shape index (κ2) is 7.38. The first kappa shape index (κ1) is 19.6. The average molecular weight is 420 g/mol. The number of fused-ring (bicyclic) bond motifs is 6. The van der Waals surface area contributed by atoms with E-state index in [9.17, 15) is 17.3 Å². The van der Waals surface area contributed by atoms with Crippen LogP contribution in [0.25, 0.3) is 33.8 Å². The van der Waals surface area contributed by atoms with Crippen molar-refractivity contribution >= 4 is 7.25 Å². The topological polar surface area (TPSA) is 11.3 Å². The Morgan fingerprint density at radius 3 is 1.48 bits per heavy atom. The van der Waals surface area contributed by atoms with Gasteiger partial charge in [0.25, 0.3) is 0 Å². The summed E-state index contributed by atoms with van der Waals surface area (Å²) >= 11 is 0. The van der Waals surface area contributed by atoms with Gasteiger partial charge in [-0.05, 0) is 28.8 Å². The van der Waals surface area contributed by atoms with Crippen molar-refractivity contribution in [3.63, 3.8) is 0 Å². The number of halogens is 4. The Morgan fingerprint density at radius 1 is 0.581 bits per heavy atom. The Bertz CT molecular complexity index is 1200.